The van der Waals surface area contributed by atoms with Crippen LogP contribution in [0.1, 0.15) is 21.5 Å². The first kappa shape index (κ1) is 24.9. The summed E-state index contributed by atoms with van der Waals surface area (Å²) in [5, 5.41) is 1.64. The highest BCUT2D eigenvalue weighted by molar-refractivity contribution is 8.18. The zero-order chi connectivity index (χ0) is 24.9. The van der Waals surface area contributed by atoms with Crippen molar-refractivity contribution in [3.05, 3.63) is 98.4 Å². The van der Waals surface area contributed by atoms with Crippen LogP contribution in [0.2, 0.25) is 10.0 Å². The van der Waals surface area contributed by atoms with Gasteiger partial charge in [-0.15, -0.1) is 0 Å². The number of likely N-dealkylation sites (N-methyl/N-ethyl adjacent to an activating group) is 1. The van der Waals surface area contributed by atoms with Crippen molar-refractivity contribution in [3.63, 3.8) is 0 Å². The summed E-state index contributed by atoms with van der Waals surface area (Å²) in [6.45, 7) is 0.358. The quantitative estimate of drug-likeness (QED) is 0.267. The molecule has 0 saturated carbocycles. The van der Waals surface area contributed by atoms with Crippen molar-refractivity contribution in [2.75, 3.05) is 14.2 Å². The van der Waals surface area contributed by atoms with Crippen LogP contribution in [0, 0.1) is 0 Å². The highest BCUT2D eigenvalue weighted by Crippen LogP contribution is 2.34. The Bertz CT molecular complexity index is 1320. The molecular weight excluding hydrogens is 507 g/mol. The maximum Gasteiger partial charge on any atom is 0.337 e. The SMILES string of the molecule is COC(=O)c1ccc(N=C2SC(=Cc3ccc(OCc4ccc(Cl)cc4)c(Cl)c3)C(=O)N2C)cc1. The second-order valence-corrected chi connectivity index (χ2v) is 9.37. The van der Waals surface area contributed by atoms with E-state index in [0.717, 1.165) is 11.1 Å². The van der Waals surface area contributed by atoms with E-state index < -0.39 is 5.97 Å². The van der Waals surface area contributed by atoms with Crippen molar-refractivity contribution >= 4 is 63.8 Å². The summed E-state index contributed by atoms with van der Waals surface area (Å²) in [4.78, 5) is 30.9. The largest absolute Gasteiger partial charge is 0.487 e. The van der Waals surface area contributed by atoms with Crippen LogP contribution in [0.5, 0.6) is 5.75 Å². The van der Waals surface area contributed by atoms with Crippen LogP contribution < -0.4 is 4.74 Å². The van der Waals surface area contributed by atoms with Crippen LogP contribution >= 0.6 is 35.0 Å². The van der Waals surface area contributed by atoms with Crippen LogP contribution in [-0.2, 0) is 16.1 Å². The molecule has 0 aliphatic carbocycles. The van der Waals surface area contributed by atoms with Gasteiger partial charge in [0.25, 0.3) is 5.91 Å². The molecule has 0 unspecified atom stereocenters. The topological polar surface area (TPSA) is 68.2 Å². The van der Waals surface area contributed by atoms with E-state index in [9.17, 15) is 9.59 Å². The van der Waals surface area contributed by atoms with E-state index in [2.05, 4.69) is 4.99 Å². The summed E-state index contributed by atoms with van der Waals surface area (Å²) in [5.41, 5.74) is 2.78. The highest BCUT2D eigenvalue weighted by Gasteiger charge is 2.30. The second kappa shape index (κ2) is 11.0. The van der Waals surface area contributed by atoms with Crippen molar-refractivity contribution in [1.29, 1.82) is 0 Å². The molecule has 6 nitrogen and oxygen atoms in total. The standard InChI is InChI=1S/C26H20Cl2N2O4S/c1-30-24(31)23(35-26(30)29-20-10-6-18(7-11-20)25(32)33-2)14-17-5-12-22(21(28)13-17)34-15-16-3-8-19(27)9-4-16/h3-14H,15H2,1-2H3. The minimum absolute atomic E-state index is 0.167. The number of hydrogen-bond acceptors (Lipinski definition) is 6. The summed E-state index contributed by atoms with van der Waals surface area (Å²) < 4.78 is 10.5. The van der Waals surface area contributed by atoms with E-state index in [4.69, 9.17) is 32.7 Å². The Balaban J connectivity index is 1.46. The fourth-order valence-corrected chi connectivity index (χ4v) is 4.53. The lowest BCUT2D eigenvalue weighted by molar-refractivity contribution is -0.121. The zero-order valence-corrected chi connectivity index (χ0v) is 21.2. The number of rotatable bonds is 6. The number of halogens is 2. The van der Waals surface area contributed by atoms with E-state index in [-0.39, 0.29) is 5.91 Å². The molecule has 178 valence electrons. The third-order valence-electron chi connectivity index (χ3n) is 5.08. The maximum absolute atomic E-state index is 12.8. The monoisotopic (exact) mass is 526 g/mol. The molecule has 1 amide bonds. The van der Waals surface area contributed by atoms with Gasteiger partial charge in [-0.1, -0.05) is 41.4 Å². The molecule has 4 rings (SSSR count). The second-order valence-electron chi connectivity index (χ2n) is 7.51. The molecule has 1 fully saturated rings. The van der Waals surface area contributed by atoms with Crippen molar-refractivity contribution < 1.29 is 19.1 Å². The number of nitrogens with zero attached hydrogens (tertiary/aromatic N) is 2. The van der Waals surface area contributed by atoms with Crippen LogP contribution in [0.3, 0.4) is 0 Å². The summed E-state index contributed by atoms with van der Waals surface area (Å²) >= 11 is 13.6. The molecule has 0 spiro atoms. The Morgan fingerprint density at radius 1 is 1.06 bits per heavy atom. The Hall–Kier alpha value is -3.26. The lowest BCUT2D eigenvalue weighted by atomic mass is 10.2. The van der Waals surface area contributed by atoms with Gasteiger partial charge in [0, 0.05) is 12.1 Å². The first-order valence-electron chi connectivity index (χ1n) is 10.5. The number of amides is 1. The number of methoxy groups -OCH3 is 1. The van der Waals surface area contributed by atoms with Gasteiger partial charge < -0.3 is 9.47 Å². The van der Waals surface area contributed by atoms with Crippen LogP contribution in [0.25, 0.3) is 6.08 Å². The Morgan fingerprint density at radius 2 is 1.77 bits per heavy atom. The number of carbonyl (C=O) groups is 2. The predicted molar refractivity (Wildman–Crippen MR) is 140 cm³/mol. The van der Waals surface area contributed by atoms with Gasteiger partial charge in [0.05, 0.1) is 28.3 Å². The normalized spacial score (nSPS) is 15.7. The number of thioether (sulfide) groups is 1. The van der Waals surface area contributed by atoms with Gasteiger partial charge in [-0.05, 0) is 77.5 Å². The minimum Gasteiger partial charge on any atom is -0.487 e. The van der Waals surface area contributed by atoms with Crippen molar-refractivity contribution in [1.82, 2.24) is 4.90 Å². The molecular formula is C26H20Cl2N2O4S. The lowest BCUT2D eigenvalue weighted by Gasteiger charge is -2.09. The van der Waals surface area contributed by atoms with Crippen molar-refractivity contribution in [2.45, 2.75) is 6.61 Å². The summed E-state index contributed by atoms with van der Waals surface area (Å²) in [6.07, 6.45) is 1.77. The number of hydrogen-bond donors (Lipinski definition) is 0. The molecule has 1 aliphatic rings. The molecule has 0 N–H and O–H groups in total. The molecule has 0 aromatic heterocycles. The van der Waals surface area contributed by atoms with E-state index in [0.29, 0.717) is 43.7 Å². The molecule has 1 saturated heterocycles. The number of esters is 1. The minimum atomic E-state index is -0.419. The van der Waals surface area contributed by atoms with Gasteiger partial charge >= 0.3 is 5.97 Å². The van der Waals surface area contributed by atoms with Gasteiger partial charge in [-0.2, -0.15) is 0 Å². The van der Waals surface area contributed by atoms with Crippen molar-refractivity contribution in [3.8, 4) is 5.75 Å². The highest BCUT2D eigenvalue weighted by atomic mass is 35.5. The molecule has 35 heavy (non-hydrogen) atoms. The summed E-state index contributed by atoms with van der Waals surface area (Å²) in [7, 11) is 2.99. The van der Waals surface area contributed by atoms with Crippen LogP contribution in [0.4, 0.5) is 5.69 Å². The Morgan fingerprint density at radius 3 is 2.43 bits per heavy atom. The van der Waals surface area contributed by atoms with E-state index >= 15 is 0 Å². The van der Waals surface area contributed by atoms with E-state index in [1.54, 1.807) is 61.7 Å². The summed E-state index contributed by atoms with van der Waals surface area (Å²) in [5.74, 6) is -0.0416. The number of benzene rings is 3. The Labute approximate surface area is 217 Å². The average Bonchev–Trinajstić information content (AvgIpc) is 3.12. The molecule has 1 heterocycles. The average molecular weight is 527 g/mol. The van der Waals surface area contributed by atoms with Gasteiger partial charge in [0.15, 0.2) is 5.17 Å². The first-order chi connectivity index (χ1) is 16.8. The molecule has 9 heteroatoms. The Kier molecular flexibility index (Phi) is 7.80. The van der Waals surface area contributed by atoms with Gasteiger partial charge in [0.2, 0.25) is 0 Å². The third-order valence-corrected chi connectivity index (χ3v) is 6.69. The molecule has 0 radical (unpaired) electrons. The molecule has 0 atom stereocenters. The molecule has 1 aliphatic heterocycles. The van der Waals surface area contributed by atoms with Gasteiger partial charge in [0.1, 0.15) is 12.4 Å². The fraction of sp³-hybridized carbons (Fsp3) is 0.115. The third kappa shape index (κ3) is 6.06. The predicted octanol–water partition coefficient (Wildman–Crippen LogP) is 6.59. The zero-order valence-electron chi connectivity index (χ0n) is 18.8. The molecule has 3 aromatic rings. The smallest absolute Gasteiger partial charge is 0.337 e. The van der Waals surface area contributed by atoms with Crippen molar-refractivity contribution in [2.24, 2.45) is 4.99 Å². The number of amidine groups is 1. The van der Waals surface area contributed by atoms with Gasteiger partial charge in [-0.3, -0.25) is 9.69 Å². The maximum atomic E-state index is 12.8. The summed E-state index contributed by atoms with van der Waals surface area (Å²) in [6, 6.07) is 19.4. The number of aliphatic imine (C=N–C) groups is 1. The fourth-order valence-electron chi connectivity index (χ4n) is 3.17. The first-order valence-corrected chi connectivity index (χ1v) is 12.0. The van der Waals surface area contributed by atoms with E-state index in [1.807, 2.05) is 18.2 Å². The van der Waals surface area contributed by atoms with Crippen LogP contribution in [0.15, 0.2) is 76.6 Å². The van der Waals surface area contributed by atoms with Gasteiger partial charge in [-0.25, -0.2) is 9.79 Å². The molecule has 0 bridgehead atoms. The van der Waals surface area contributed by atoms with E-state index in [1.165, 1.54) is 23.8 Å². The van der Waals surface area contributed by atoms with Crippen LogP contribution in [-0.4, -0.2) is 36.1 Å². The molecule has 3 aromatic carbocycles. The number of carbonyl (C=O) groups excluding carboxylic acids is 2. The lowest BCUT2D eigenvalue weighted by Crippen LogP contribution is -2.23. The number of ether oxygens (including phenoxy) is 2.